The van der Waals surface area contributed by atoms with Gasteiger partial charge in [-0.05, 0) is 44.0 Å². The predicted molar refractivity (Wildman–Crippen MR) is 107 cm³/mol. The number of piperazine rings is 1. The molecule has 2 unspecified atom stereocenters. The summed E-state index contributed by atoms with van der Waals surface area (Å²) in [6, 6.07) is 3.65. The number of amides is 1. The number of aromatic nitrogens is 2. The lowest BCUT2D eigenvalue weighted by Crippen LogP contribution is -2.61. The van der Waals surface area contributed by atoms with Gasteiger partial charge in [0.15, 0.2) is 0 Å². The van der Waals surface area contributed by atoms with E-state index in [1.165, 1.54) is 6.07 Å². The molecule has 0 radical (unpaired) electrons. The van der Waals surface area contributed by atoms with Gasteiger partial charge in [0.25, 0.3) is 0 Å². The Labute approximate surface area is 173 Å². The third kappa shape index (κ3) is 3.93. The first-order valence-electron chi connectivity index (χ1n) is 10.0. The number of hydrogen-bond acceptors (Lipinski definition) is 5. The molecule has 2 aliphatic rings. The molecule has 0 spiro atoms. The van der Waals surface area contributed by atoms with Gasteiger partial charge in [0.2, 0.25) is 5.91 Å². The number of fused-ring (bicyclic) bond motifs is 3. The van der Waals surface area contributed by atoms with Crippen molar-refractivity contribution in [3.8, 4) is 0 Å². The first kappa shape index (κ1) is 20.4. The van der Waals surface area contributed by atoms with E-state index in [-0.39, 0.29) is 24.4 Å². The van der Waals surface area contributed by atoms with Gasteiger partial charge in [-0.3, -0.25) is 9.78 Å². The molecule has 6 nitrogen and oxygen atoms in total. The van der Waals surface area contributed by atoms with Crippen molar-refractivity contribution < 1.29 is 18.0 Å². The standard InChI is InChI=1S/C21H24F3N5O/c1-13(2)27-20(30)16-10-14-9-15(21(22,23)24)3-4-17(14)29-8-7-28(12-18(16)29)19-11-25-5-6-26-19/h3-6,9,11,13,16,18H,7-8,10,12H2,1-2H3,(H,27,30). The molecule has 2 aliphatic heterocycles. The highest BCUT2D eigenvalue weighted by Crippen LogP contribution is 2.40. The van der Waals surface area contributed by atoms with Gasteiger partial charge in [0.05, 0.1) is 23.7 Å². The van der Waals surface area contributed by atoms with E-state index in [1.807, 2.05) is 13.8 Å². The van der Waals surface area contributed by atoms with Crippen LogP contribution >= 0.6 is 0 Å². The number of benzene rings is 1. The molecule has 1 saturated heterocycles. The van der Waals surface area contributed by atoms with Gasteiger partial charge >= 0.3 is 6.18 Å². The molecule has 160 valence electrons. The Morgan fingerprint density at radius 2 is 2.03 bits per heavy atom. The van der Waals surface area contributed by atoms with Crippen molar-refractivity contribution in [1.29, 1.82) is 0 Å². The third-order valence-electron chi connectivity index (χ3n) is 5.68. The van der Waals surface area contributed by atoms with Crippen LogP contribution in [-0.2, 0) is 17.4 Å². The lowest BCUT2D eigenvalue weighted by atomic mass is 9.82. The van der Waals surface area contributed by atoms with Gasteiger partial charge in [0.1, 0.15) is 5.82 Å². The molecule has 1 aromatic heterocycles. The molecule has 1 N–H and O–H groups in total. The van der Waals surface area contributed by atoms with E-state index < -0.39 is 17.7 Å². The van der Waals surface area contributed by atoms with Crippen molar-refractivity contribution >= 4 is 17.4 Å². The number of nitrogens with one attached hydrogen (secondary N) is 1. The number of halogens is 3. The molecule has 9 heteroatoms. The van der Waals surface area contributed by atoms with E-state index in [9.17, 15) is 18.0 Å². The summed E-state index contributed by atoms with van der Waals surface area (Å²) < 4.78 is 39.7. The molecule has 1 amide bonds. The van der Waals surface area contributed by atoms with E-state index in [1.54, 1.807) is 24.7 Å². The molecule has 2 aromatic rings. The van der Waals surface area contributed by atoms with Gasteiger partial charge < -0.3 is 15.1 Å². The van der Waals surface area contributed by atoms with Crippen LogP contribution in [0.15, 0.2) is 36.8 Å². The summed E-state index contributed by atoms with van der Waals surface area (Å²) in [5.41, 5.74) is 0.666. The van der Waals surface area contributed by atoms with Gasteiger partial charge in [-0.15, -0.1) is 0 Å². The van der Waals surface area contributed by atoms with E-state index in [4.69, 9.17) is 0 Å². The second kappa shape index (κ2) is 7.77. The van der Waals surface area contributed by atoms with Crippen LogP contribution in [0.5, 0.6) is 0 Å². The average Bonchev–Trinajstić information content (AvgIpc) is 2.71. The summed E-state index contributed by atoms with van der Waals surface area (Å²) >= 11 is 0. The minimum absolute atomic E-state index is 0.0476. The fourth-order valence-electron chi connectivity index (χ4n) is 4.35. The van der Waals surface area contributed by atoms with Gasteiger partial charge in [-0.1, -0.05) is 0 Å². The summed E-state index contributed by atoms with van der Waals surface area (Å²) in [7, 11) is 0. The average molecular weight is 419 g/mol. The minimum atomic E-state index is -4.41. The smallest absolute Gasteiger partial charge is 0.364 e. The summed E-state index contributed by atoms with van der Waals surface area (Å²) in [5.74, 6) is 0.144. The Morgan fingerprint density at radius 1 is 1.23 bits per heavy atom. The zero-order valence-electron chi connectivity index (χ0n) is 16.9. The van der Waals surface area contributed by atoms with Crippen LogP contribution in [0.2, 0.25) is 0 Å². The number of alkyl halides is 3. The number of hydrogen-bond donors (Lipinski definition) is 1. The SMILES string of the molecule is CC(C)NC(=O)C1Cc2cc(C(F)(F)F)ccc2N2CCN(c3cnccn3)CC12. The summed E-state index contributed by atoms with van der Waals surface area (Å²) in [6.45, 7) is 5.54. The molecule has 3 heterocycles. The molecule has 1 aromatic carbocycles. The van der Waals surface area contributed by atoms with Crippen LogP contribution in [0.25, 0.3) is 0 Å². The van der Waals surface area contributed by atoms with Gasteiger partial charge in [-0.25, -0.2) is 4.98 Å². The first-order chi connectivity index (χ1) is 14.2. The van der Waals surface area contributed by atoms with Crippen LogP contribution in [0, 0.1) is 5.92 Å². The zero-order chi connectivity index (χ0) is 21.5. The molecule has 4 rings (SSSR count). The second-order valence-electron chi connectivity index (χ2n) is 8.09. The molecular weight excluding hydrogens is 395 g/mol. The lowest BCUT2D eigenvalue weighted by molar-refractivity contribution is -0.137. The largest absolute Gasteiger partial charge is 0.416 e. The lowest BCUT2D eigenvalue weighted by Gasteiger charge is -2.49. The molecule has 0 saturated carbocycles. The Kier molecular flexibility index (Phi) is 5.29. The van der Waals surface area contributed by atoms with Crippen molar-refractivity contribution in [1.82, 2.24) is 15.3 Å². The Bertz CT molecular complexity index is 919. The summed E-state index contributed by atoms with van der Waals surface area (Å²) in [4.78, 5) is 25.6. The Morgan fingerprint density at radius 3 is 2.70 bits per heavy atom. The quantitative estimate of drug-likeness (QED) is 0.829. The highest BCUT2D eigenvalue weighted by molar-refractivity contribution is 5.82. The highest BCUT2D eigenvalue weighted by atomic mass is 19.4. The Hall–Kier alpha value is -2.84. The van der Waals surface area contributed by atoms with Crippen molar-refractivity contribution in [3.05, 3.63) is 47.9 Å². The van der Waals surface area contributed by atoms with E-state index >= 15 is 0 Å². The Balaban J connectivity index is 1.69. The molecule has 2 atom stereocenters. The number of rotatable bonds is 3. The monoisotopic (exact) mass is 419 g/mol. The number of carbonyl (C=O) groups is 1. The maximum Gasteiger partial charge on any atom is 0.416 e. The molecule has 30 heavy (non-hydrogen) atoms. The van der Waals surface area contributed by atoms with Crippen LogP contribution in [-0.4, -0.2) is 47.6 Å². The third-order valence-corrected chi connectivity index (χ3v) is 5.68. The number of nitrogens with zero attached hydrogens (tertiary/aromatic N) is 4. The topological polar surface area (TPSA) is 61.4 Å². The highest BCUT2D eigenvalue weighted by Gasteiger charge is 2.43. The van der Waals surface area contributed by atoms with E-state index in [0.29, 0.717) is 25.2 Å². The minimum Gasteiger partial charge on any atom is -0.364 e. The second-order valence-corrected chi connectivity index (χ2v) is 8.09. The first-order valence-corrected chi connectivity index (χ1v) is 10.0. The maximum atomic E-state index is 13.2. The van der Waals surface area contributed by atoms with Crippen molar-refractivity contribution in [2.45, 2.75) is 38.5 Å². The van der Waals surface area contributed by atoms with E-state index in [2.05, 4.69) is 25.1 Å². The molecule has 1 fully saturated rings. The van der Waals surface area contributed by atoms with Crippen LogP contribution < -0.4 is 15.1 Å². The molecule has 0 bridgehead atoms. The normalized spacial score (nSPS) is 21.3. The number of carbonyl (C=O) groups excluding carboxylic acids is 1. The summed E-state index contributed by atoms with van der Waals surface area (Å²) in [5, 5.41) is 2.94. The summed E-state index contributed by atoms with van der Waals surface area (Å²) in [6.07, 6.45) is 0.776. The molecular formula is C21H24F3N5O. The number of anilines is 2. The van der Waals surface area contributed by atoms with Crippen molar-refractivity contribution in [3.63, 3.8) is 0 Å². The van der Waals surface area contributed by atoms with Crippen LogP contribution in [0.4, 0.5) is 24.7 Å². The van der Waals surface area contributed by atoms with Gasteiger partial charge in [0, 0.05) is 43.8 Å². The van der Waals surface area contributed by atoms with E-state index in [0.717, 1.165) is 17.6 Å². The van der Waals surface area contributed by atoms with Crippen LogP contribution in [0.1, 0.15) is 25.0 Å². The fraction of sp³-hybridized carbons (Fsp3) is 0.476. The van der Waals surface area contributed by atoms with Gasteiger partial charge in [-0.2, -0.15) is 13.2 Å². The fourth-order valence-corrected chi connectivity index (χ4v) is 4.35. The molecule has 0 aliphatic carbocycles. The van der Waals surface area contributed by atoms with Crippen molar-refractivity contribution in [2.75, 3.05) is 29.4 Å². The zero-order valence-corrected chi connectivity index (χ0v) is 16.9. The van der Waals surface area contributed by atoms with Crippen LogP contribution in [0.3, 0.4) is 0 Å². The predicted octanol–water partition coefficient (Wildman–Crippen LogP) is 2.89. The maximum absolute atomic E-state index is 13.2. The van der Waals surface area contributed by atoms with Crippen molar-refractivity contribution in [2.24, 2.45) is 5.92 Å².